The molecule has 0 N–H and O–H groups in total. The van der Waals surface area contributed by atoms with E-state index >= 15 is 0 Å². The maximum Gasteiger partial charge on any atom is 0.165 e. The van der Waals surface area contributed by atoms with E-state index < -0.39 is 0 Å². The number of ketones is 1. The van der Waals surface area contributed by atoms with Gasteiger partial charge in [0.15, 0.2) is 5.78 Å². The topological polar surface area (TPSA) is 22.0 Å². The molecule has 2 heteroatoms. The Labute approximate surface area is 123 Å². The Bertz CT molecular complexity index is 506. The van der Waals surface area contributed by atoms with Crippen LogP contribution in [-0.2, 0) is 6.42 Å². The second-order valence-electron chi connectivity index (χ2n) is 7.27. The van der Waals surface area contributed by atoms with Gasteiger partial charge in [-0.15, -0.1) is 0 Å². The summed E-state index contributed by atoms with van der Waals surface area (Å²) in [6.07, 6.45) is 4.10. The number of rotatable bonds is 4. The summed E-state index contributed by atoms with van der Waals surface area (Å²) >= 11 is 0. The van der Waals surface area contributed by atoms with E-state index in [1.807, 2.05) is 0 Å². The van der Waals surface area contributed by atoms with Crippen LogP contribution < -0.4 is 0 Å². The van der Waals surface area contributed by atoms with E-state index in [1.54, 1.807) is 0 Å². The van der Waals surface area contributed by atoms with E-state index in [1.165, 1.54) is 24.2 Å². The molecule has 1 heterocycles. The number of carbonyl (C=O) groups excluding carboxylic acids is 1. The largest absolute Gasteiger partial charge is 0.345 e. The minimum absolute atomic E-state index is 0.0975. The second-order valence-corrected chi connectivity index (χ2v) is 7.27. The number of carbonyl (C=O) groups is 1. The molecule has 0 spiro atoms. The zero-order valence-corrected chi connectivity index (χ0v) is 13.9. The van der Waals surface area contributed by atoms with Gasteiger partial charge in [0.05, 0.1) is 0 Å². The van der Waals surface area contributed by atoms with Crippen molar-refractivity contribution in [2.75, 3.05) is 0 Å². The van der Waals surface area contributed by atoms with Gasteiger partial charge in [-0.3, -0.25) is 4.79 Å². The number of fused-ring (bicyclic) bond motifs is 1. The van der Waals surface area contributed by atoms with Crippen LogP contribution in [0.25, 0.3) is 0 Å². The monoisotopic (exact) mass is 275 g/mol. The van der Waals surface area contributed by atoms with Crippen molar-refractivity contribution in [1.29, 1.82) is 0 Å². The lowest BCUT2D eigenvalue weighted by atomic mass is 9.76. The fourth-order valence-electron chi connectivity index (χ4n) is 3.92. The van der Waals surface area contributed by atoms with Crippen molar-refractivity contribution >= 4 is 5.78 Å². The summed E-state index contributed by atoms with van der Waals surface area (Å²) in [5.74, 6) is 1.01. The van der Waals surface area contributed by atoms with Gasteiger partial charge in [0, 0.05) is 29.4 Å². The molecule has 0 saturated carbocycles. The van der Waals surface area contributed by atoms with Gasteiger partial charge in [0.1, 0.15) is 0 Å². The summed E-state index contributed by atoms with van der Waals surface area (Å²) in [5, 5.41) is 0. The molecule has 1 aliphatic rings. The third kappa shape index (κ3) is 2.57. The Balaban J connectivity index is 2.48. The van der Waals surface area contributed by atoms with E-state index in [0.717, 1.165) is 12.0 Å². The van der Waals surface area contributed by atoms with Crippen LogP contribution in [0, 0.1) is 18.3 Å². The quantitative estimate of drug-likeness (QED) is 0.762. The molecule has 20 heavy (non-hydrogen) atoms. The van der Waals surface area contributed by atoms with Gasteiger partial charge >= 0.3 is 0 Å². The molecular weight excluding hydrogens is 246 g/mol. The standard InChI is InChI=1S/C18H29NO/c1-7-14(8-2)13(4)19-12(3)9-15-16(19)10-18(5,6)11-17(15)20/h9,13-14H,7-8,10-11H2,1-6H3. The highest BCUT2D eigenvalue weighted by molar-refractivity contribution is 5.99. The number of hydrogen-bond acceptors (Lipinski definition) is 1. The SMILES string of the molecule is CCC(CC)C(C)n1c(C)cc2c1CC(C)(C)CC2=O. The number of aromatic nitrogens is 1. The molecule has 0 bridgehead atoms. The molecule has 2 nitrogen and oxygen atoms in total. The van der Waals surface area contributed by atoms with E-state index in [-0.39, 0.29) is 5.41 Å². The van der Waals surface area contributed by atoms with Crippen LogP contribution in [0.4, 0.5) is 0 Å². The predicted octanol–water partition coefficient (Wildman–Crippen LogP) is 4.95. The average Bonchev–Trinajstić information content (AvgIpc) is 2.65. The third-order valence-corrected chi connectivity index (χ3v) is 5.06. The highest BCUT2D eigenvalue weighted by Gasteiger charge is 2.35. The van der Waals surface area contributed by atoms with Crippen molar-refractivity contribution in [3.8, 4) is 0 Å². The highest BCUT2D eigenvalue weighted by atomic mass is 16.1. The van der Waals surface area contributed by atoms with Gasteiger partial charge < -0.3 is 4.57 Å². The Kier molecular flexibility index (Phi) is 4.13. The minimum Gasteiger partial charge on any atom is -0.345 e. The molecule has 1 aromatic heterocycles. The Morgan fingerprint density at radius 2 is 1.85 bits per heavy atom. The third-order valence-electron chi connectivity index (χ3n) is 5.06. The van der Waals surface area contributed by atoms with Crippen LogP contribution in [0.2, 0.25) is 0 Å². The first-order valence-electron chi connectivity index (χ1n) is 8.04. The molecule has 0 aliphatic heterocycles. The summed E-state index contributed by atoms with van der Waals surface area (Å²) in [7, 11) is 0. The van der Waals surface area contributed by atoms with Gasteiger partial charge in [0.25, 0.3) is 0 Å². The fourth-order valence-corrected chi connectivity index (χ4v) is 3.92. The van der Waals surface area contributed by atoms with Crippen LogP contribution in [0.3, 0.4) is 0 Å². The van der Waals surface area contributed by atoms with E-state index in [2.05, 4.69) is 52.2 Å². The van der Waals surface area contributed by atoms with E-state index in [9.17, 15) is 4.79 Å². The lowest BCUT2D eigenvalue weighted by molar-refractivity contribution is 0.0908. The van der Waals surface area contributed by atoms with Crippen LogP contribution in [0.1, 0.15) is 81.7 Å². The molecule has 1 unspecified atom stereocenters. The highest BCUT2D eigenvalue weighted by Crippen LogP contribution is 2.39. The maximum atomic E-state index is 12.4. The van der Waals surface area contributed by atoms with Gasteiger partial charge in [0.2, 0.25) is 0 Å². The van der Waals surface area contributed by atoms with Crippen LogP contribution >= 0.6 is 0 Å². The predicted molar refractivity (Wildman–Crippen MR) is 84.4 cm³/mol. The summed E-state index contributed by atoms with van der Waals surface area (Å²) in [6, 6.07) is 2.60. The average molecular weight is 275 g/mol. The van der Waals surface area contributed by atoms with E-state index in [4.69, 9.17) is 0 Å². The van der Waals surface area contributed by atoms with Crippen molar-refractivity contribution in [2.24, 2.45) is 11.3 Å². The molecule has 112 valence electrons. The van der Waals surface area contributed by atoms with Crippen molar-refractivity contribution in [1.82, 2.24) is 4.57 Å². The first kappa shape index (κ1) is 15.3. The summed E-state index contributed by atoms with van der Waals surface area (Å²) in [5.41, 5.74) is 3.61. The van der Waals surface area contributed by atoms with Crippen molar-refractivity contribution < 1.29 is 4.79 Å². The molecule has 0 saturated heterocycles. The summed E-state index contributed by atoms with van der Waals surface area (Å²) in [6.45, 7) is 13.4. The first-order chi connectivity index (χ1) is 9.30. The van der Waals surface area contributed by atoms with Gasteiger partial charge in [-0.1, -0.05) is 40.5 Å². The molecule has 1 atom stereocenters. The number of aryl methyl sites for hydroxylation is 1. The van der Waals surface area contributed by atoms with Crippen molar-refractivity contribution in [2.45, 2.75) is 73.3 Å². The Hall–Kier alpha value is -1.05. The van der Waals surface area contributed by atoms with Gasteiger partial charge in [-0.2, -0.15) is 0 Å². The maximum absolute atomic E-state index is 12.4. The molecule has 0 amide bonds. The molecule has 1 aromatic rings. The summed E-state index contributed by atoms with van der Waals surface area (Å²) in [4.78, 5) is 12.4. The molecule has 0 fully saturated rings. The Morgan fingerprint density at radius 1 is 1.25 bits per heavy atom. The Morgan fingerprint density at radius 3 is 2.40 bits per heavy atom. The number of Topliss-reactive ketones (excluding diaryl/α,β-unsaturated/α-hetero) is 1. The van der Waals surface area contributed by atoms with Gasteiger partial charge in [-0.25, -0.2) is 0 Å². The van der Waals surface area contributed by atoms with Crippen molar-refractivity contribution in [3.05, 3.63) is 23.0 Å². The van der Waals surface area contributed by atoms with Gasteiger partial charge in [-0.05, 0) is 37.7 Å². The molecule has 0 aromatic carbocycles. The number of nitrogens with zero attached hydrogens (tertiary/aromatic N) is 1. The minimum atomic E-state index is 0.0975. The van der Waals surface area contributed by atoms with Crippen molar-refractivity contribution in [3.63, 3.8) is 0 Å². The zero-order chi connectivity index (χ0) is 15.1. The van der Waals surface area contributed by atoms with Crippen LogP contribution in [-0.4, -0.2) is 10.4 Å². The molecule has 2 rings (SSSR count). The lowest BCUT2D eigenvalue weighted by Crippen LogP contribution is -2.29. The fraction of sp³-hybridized carbons (Fsp3) is 0.722. The zero-order valence-electron chi connectivity index (χ0n) is 13.9. The molecular formula is C18H29NO. The number of hydrogen-bond donors (Lipinski definition) is 0. The van der Waals surface area contributed by atoms with Crippen LogP contribution in [0.15, 0.2) is 6.07 Å². The first-order valence-corrected chi connectivity index (χ1v) is 8.04. The summed E-state index contributed by atoms with van der Waals surface area (Å²) < 4.78 is 2.45. The molecule has 1 aliphatic carbocycles. The van der Waals surface area contributed by atoms with Crippen LogP contribution in [0.5, 0.6) is 0 Å². The second kappa shape index (κ2) is 5.38. The lowest BCUT2D eigenvalue weighted by Gasteiger charge is -2.33. The molecule has 0 radical (unpaired) electrons. The van der Waals surface area contributed by atoms with E-state index in [0.29, 0.717) is 24.2 Å². The normalized spacial score (nSPS) is 19.2. The smallest absolute Gasteiger partial charge is 0.165 e.